The van der Waals surface area contributed by atoms with Crippen LogP contribution >= 0.6 is 0 Å². The van der Waals surface area contributed by atoms with E-state index in [2.05, 4.69) is 36.2 Å². The Balaban J connectivity index is 1.41. The zero-order valence-corrected chi connectivity index (χ0v) is 28.1. The van der Waals surface area contributed by atoms with Gasteiger partial charge in [-0.15, -0.1) is 0 Å². The molecule has 12 heteroatoms. The fourth-order valence-electron chi connectivity index (χ4n) is 7.09. The number of piperidine rings is 2. The summed E-state index contributed by atoms with van der Waals surface area (Å²) in [6.45, 7) is 5.98. The molecule has 0 unspecified atom stereocenters. The average Bonchev–Trinajstić information content (AvgIpc) is 3.04. The van der Waals surface area contributed by atoms with Gasteiger partial charge in [-0.2, -0.15) is 13.2 Å². The van der Waals surface area contributed by atoms with Crippen LogP contribution in [0.2, 0.25) is 0 Å². The molecule has 2 heterocycles. The minimum Gasteiger partial charge on any atom is -0.496 e. The Bertz CT molecular complexity index is 1640. The van der Waals surface area contributed by atoms with E-state index < -0.39 is 55.3 Å². The molecule has 2 fully saturated rings. The number of hydrogen-bond donors (Lipinski definition) is 2. The van der Waals surface area contributed by atoms with E-state index in [1.807, 2.05) is 30.3 Å². The predicted molar refractivity (Wildman–Crippen MR) is 178 cm³/mol. The van der Waals surface area contributed by atoms with E-state index in [9.17, 15) is 36.6 Å². The standard InChI is InChI=1S/C37H44F5N3O4/c1-35(2)12-16-44(17-13-35)22-24-10-11-31(49-3)29(20-24)28-9-5-7-26-25(6-4-8-27(26)28)21-30(33(46)47)43-34(48)36(37(40,41)42)14-18-45(19-15-36)23-32(38)39/h4-11,20,30,32H,12-19,21-23H2,1-3H3,(H,43,48)(H,46,47)/t30-/m0/s1. The molecule has 0 aliphatic carbocycles. The summed E-state index contributed by atoms with van der Waals surface area (Å²) < 4.78 is 74.6. The zero-order valence-electron chi connectivity index (χ0n) is 28.1. The van der Waals surface area contributed by atoms with E-state index in [0.717, 1.165) is 54.6 Å². The molecule has 49 heavy (non-hydrogen) atoms. The number of hydrogen-bond acceptors (Lipinski definition) is 5. The van der Waals surface area contributed by atoms with Gasteiger partial charge in [-0.05, 0) is 96.9 Å². The Labute approximate surface area is 283 Å². The second kappa shape index (κ2) is 14.6. The topological polar surface area (TPSA) is 82.1 Å². The molecule has 0 spiro atoms. The minimum absolute atomic E-state index is 0.268. The van der Waals surface area contributed by atoms with Crippen LogP contribution in [-0.2, 0) is 22.6 Å². The van der Waals surface area contributed by atoms with Crippen LogP contribution in [0, 0.1) is 10.8 Å². The number of methoxy groups -OCH3 is 1. The Morgan fingerprint density at radius 2 is 1.53 bits per heavy atom. The summed E-state index contributed by atoms with van der Waals surface area (Å²) in [6, 6.07) is 15.4. The summed E-state index contributed by atoms with van der Waals surface area (Å²) >= 11 is 0. The second-order valence-electron chi connectivity index (χ2n) is 14.1. The van der Waals surface area contributed by atoms with Gasteiger partial charge in [0.1, 0.15) is 17.2 Å². The quantitative estimate of drug-likeness (QED) is 0.208. The number of carboxylic acids is 1. The summed E-state index contributed by atoms with van der Waals surface area (Å²) in [4.78, 5) is 29.3. The zero-order chi connectivity index (χ0) is 35.6. The third-order valence-corrected chi connectivity index (χ3v) is 10.3. The molecule has 5 rings (SSSR count). The van der Waals surface area contributed by atoms with Gasteiger partial charge >= 0.3 is 12.1 Å². The SMILES string of the molecule is COc1ccc(CN2CCC(C)(C)CC2)cc1-c1cccc2c(C[C@H](NC(=O)C3(C(F)(F)F)CCN(CC(F)F)CC3)C(=O)O)cccc12. The molecule has 2 saturated heterocycles. The summed E-state index contributed by atoms with van der Waals surface area (Å²) in [7, 11) is 1.60. The number of ether oxygens (including phenoxy) is 1. The molecule has 0 saturated carbocycles. The van der Waals surface area contributed by atoms with Gasteiger partial charge in [0.2, 0.25) is 5.91 Å². The maximum atomic E-state index is 14.4. The van der Waals surface area contributed by atoms with E-state index >= 15 is 0 Å². The minimum atomic E-state index is -5.00. The van der Waals surface area contributed by atoms with E-state index in [0.29, 0.717) is 22.1 Å². The normalized spacial score (nSPS) is 19.1. The number of aliphatic carboxylic acids is 1. The highest BCUT2D eigenvalue weighted by atomic mass is 19.4. The van der Waals surface area contributed by atoms with Crippen molar-refractivity contribution in [3.63, 3.8) is 0 Å². The highest BCUT2D eigenvalue weighted by Crippen LogP contribution is 2.47. The number of carbonyl (C=O) groups is 2. The van der Waals surface area contributed by atoms with Crippen molar-refractivity contribution in [3.05, 3.63) is 65.7 Å². The largest absolute Gasteiger partial charge is 0.496 e. The van der Waals surface area contributed by atoms with Crippen molar-refractivity contribution in [1.82, 2.24) is 15.1 Å². The molecular weight excluding hydrogens is 645 g/mol. The number of alkyl halides is 5. The molecule has 7 nitrogen and oxygen atoms in total. The first-order chi connectivity index (χ1) is 23.1. The van der Waals surface area contributed by atoms with Crippen molar-refractivity contribution in [2.75, 3.05) is 39.8 Å². The fourth-order valence-corrected chi connectivity index (χ4v) is 7.09. The maximum Gasteiger partial charge on any atom is 0.403 e. The Kier molecular flexibility index (Phi) is 10.9. The number of carbonyl (C=O) groups excluding carboxylic acids is 1. The lowest BCUT2D eigenvalue weighted by Crippen LogP contribution is -2.59. The Hall–Kier alpha value is -3.77. The van der Waals surface area contributed by atoms with E-state index in [1.54, 1.807) is 19.2 Å². The average molecular weight is 690 g/mol. The number of halogens is 5. The molecule has 3 aromatic rings. The van der Waals surface area contributed by atoms with Gasteiger partial charge in [0.15, 0.2) is 0 Å². The first-order valence-corrected chi connectivity index (χ1v) is 16.6. The van der Waals surface area contributed by atoms with Crippen LogP contribution in [0.4, 0.5) is 22.0 Å². The van der Waals surface area contributed by atoms with Gasteiger partial charge in [-0.25, -0.2) is 13.6 Å². The number of likely N-dealkylation sites (tertiary alicyclic amines) is 2. The summed E-state index contributed by atoms with van der Waals surface area (Å²) in [5.41, 5.74) is 0.813. The third kappa shape index (κ3) is 8.17. The highest BCUT2D eigenvalue weighted by molar-refractivity contribution is 6.00. The Morgan fingerprint density at radius 3 is 2.14 bits per heavy atom. The third-order valence-electron chi connectivity index (χ3n) is 10.3. The van der Waals surface area contributed by atoms with Gasteiger partial charge in [0.05, 0.1) is 13.7 Å². The smallest absolute Gasteiger partial charge is 0.403 e. The predicted octanol–water partition coefficient (Wildman–Crippen LogP) is 7.16. The first-order valence-electron chi connectivity index (χ1n) is 16.6. The van der Waals surface area contributed by atoms with Crippen molar-refractivity contribution in [2.24, 2.45) is 10.8 Å². The van der Waals surface area contributed by atoms with E-state index in [-0.39, 0.29) is 19.5 Å². The maximum absolute atomic E-state index is 14.4. The number of nitrogens with zero attached hydrogens (tertiary/aromatic N) is 2. The number of carboxylic acid groups (broad SMARTS) is 1. The van der Waals surface area contributed by atoms with Gasteiger partial charge in [-0.1, -0.05) is 56.3 Å². The lowest BCUT2D eigenvalue weighted by molar-refractivity contribution is -0.233. The molecule has 2 aliphatic rings. The fraction of sp³-hybridized carbons (Fsp3) is 0.514. The van der Waals surface area contributed by atoms with Crippen LogP contribution < -0.4 is 10.1 Å². The molecule has 1 amide bonds. The lowest BCUT2D eigenvalue weighted by Gasteiger charge is -2.41. The second-order valence-corrected chi connectivity index (χ2v) is 14.1. The van der Waals surface area contributed by atoms with Gasteiger partial charge in [0, 0.05) is 18.5 Å². The van der Waals surface area contributed by atoms with Crippen LogP contribution in [-0.4, -0.2) is 85.3 Å². The van der Waals surface area contributed by atoms with Crippen molar-refractivity contribution < 1.29 is 41.4 Å². The van der Waals surface area contributed by atoms with Crippen LogP contribution in [0.15, 0.2) is 54.6 Å². The molecule has 0 aromatic heterocycles. The van der Waals surface area contributed by atoms with Crippen molar-refractivity contribution in [1.29, 1.82) is 0 Å². The number of amides is 1. The molecular formula is C37H44F5N3O4. The van der Waals surface area contributed by atoms with Crippen LogP contribution in [0.5, 0.6) is 5.75 Å². The highest BCUT2D eigenvalue weighted by Gasteiger charge is 2.61. The number of fused-ring (bicyclic) bond motifs is 1. The number of benzene rings is 3. The van der Waals surface area contributed by atoms with Gasteiger partial charge in [0.25, 0.3) is 6.43 Å². The van der Waals surface area contributed by atoms with Crippen LogP contribution in [0.25, 0.3) is 21.9 Å². The van der Waals surface area contributed by atoms with Gasteiger partial charge in [-0.3, -0.25) is 14.6 Å². The van der Waals surface area contributed by atoms with Crippen molar-refractivity contribution in [2.45, 2.75) is 71.1 Å². The lowest BCUT2D eigenvalue weighted by atomic mass is 9.76. The van der Waals surface area contributed by atoms with E-state index in [4.69, 9.17) is 4.74 Å². The van der Waals surface area contributed by atoms with Gasteiger partial charge < -0.3 is 15.2 Å². The monoisotopic (exact) mass is 689 g/mol. The first kappa shape index (κ1) is 36.5. The Morgan fingerprint density at radius 1 is 0.898 bits per heavy atom. The molecule has 3 aromatic carbocycles. The summed E-state index contributed by atoms with van der Waals surface area (Å²) in [5, 5.41) is 13.7. The summed E-state index contributed by atoms with van der Waals surface area (Å²) in [6.07, 6.45) is -7.22. The molecule has 266 valence electrons. The molecule has 2 aliphatic heterocycles. The number of rotatable bonds is 11. The molecule has 2 N–H and O–H groups in total. The van der Waals surface area contributed by atoms with Crippen LogP contribution in [0.3, 0.4) is 0 Å². The number of nitrogens with one attached hydrogen (secondary N) is 1. The molecule has 0 radical (unpaired) electrons. The van der Waals surface area contributed by atoms with E-state index in [1.165, 1.54) is 4.90 Å². The summed E-state index contributed by atoms with van der Waals surface area (Å²) in [5.74, 6) is -2.28. The van der Waals surface area contributed by atoms with Crippen LogP contribution in [0.1, 0.15) is 50.7 Å². The van der Waals surface area contributed by atoms with Crippen molar-refractivity contribution in [3.8, 4) is 16.9 Å². The molecule has 1 atom stereocenters. The van der Waals surface area contributed by atoms with Crippen molar-refractivity contribution >= 4 is 22.6 Å². The molecule has 0 bridgehead atoms.